The van der Waals surface area contributed by atoms with E-state index in [1.807, 2.05) is 36.4 Å². The van der Waals surface area contributed by atoms with Crippen LogP contribution in [0.25, 0.3) is 0 Å². The minimum absolute atomic E-state index is 0.0130. The molecular weight excluding hydrogens is 340 g/mol. The Bertz CT molecular complexity index is 707. The van der Waals surface area contributed by atoms with Crippen LogP contribution >= 0.6 is 0 Å². The molecule has 5 nitrogen and oxygen atoms in total. The van der Waals surface area contributed by atoms with Crippen molar-refractivity contribution in [3.8, 4) is 11.5 Å². The van der Waals surface area contributed by atoms with Gasteiger partial charge in [-0.3, -0.25) is 4.79 Å². The van der Waals surface area contributed by atoms with Crippen molar-refractivity contribution in [3.05, 3.63) is 48.5 Å². The number of carbonyl (C=O) groups is 1. The summed E-state index contributed by atoms with van der Waals surface area (Å²) in [6.07, 6.45) is 4.95. The minimum Gasteiger partial charge on any atom is -0.497 e. The Kier molecular flexibility index (Phi) is 6.97. The van der Waals surface area contributed by atoms with Crippen LogP contribution in [0, 0.1) is 0 Å². The second kappa shape index (κ2) is 9.86. The van der Waals surface area contributed by atoms with Crippen molar-refractivity contribution < 1.29 is 14.3 Å². The van der Waals surface area contributed by atoms with Gasteiger partial charge in [0.25, 0.3) is 0 Å². The van der Waals surface area contributed by atoms with Crippen molar-refractivity contribution >= 4 is 17.3 Å². The van der Waals surface area contributed by atoms with Crippen molar-refractivity contribution in [1.82, 2.24) is 0 Å². The Labute approximate surface area is 161 Å². The monoisotopic (exact) mass is 368 g/mol. The van der Waals surface area contributed by atoms with Crippen LogP contribution in [-0.2, 0) is 4.79 Å². The van der Waals surface area contributed by atoms with E-state index >= 15 is 0 Å². The molecule has 1 heterocycles. The molecule has 1 N–H and O–H groups in total. The highest BCUT2D eigenvalue weighted by Gasteiger charge is 2.11. The first kappa shape index (κ1) is 19.1. The fourth-order valence-electron chi connectivity index (χ4n) is 3.23. The summed E-state index contributed by atoms with van der Waals surface area (Å²) in [5, 5.41) is 2.96. The molecule has 0 bridgehead atoms. The largest absolute Gasteiger partial charge is 0.497 e. The molecule has 0 unspecified atom stereocenters. The lowest BCUT2D eigenvalue weighted by Crippen LogP contribution is -2.29. The predicted octanol–water partition coefficient (Wildman–Crippen LogP) is 4.48. The number of hydrogen-bond acceptors (Lipinski definition) is 4. The molecule has 0 atom stereocenters. The van der Waals surface area contributed by atoms with E-state index in [9.17, 15) is 4.79 Å². The van der Waals surface area contributed by atoms with Crippen molar-refractivity contribution in [1.29, 1.82) is 0 Å². The molecule has 1 saturated heterocycles. The highest BCUT2D eigenvalue weighted by atomic mass is 16.5. The van der Waals surface area contributed by atoms with Crippen LogP contribution in [0.15, 0.2) is 48.5 Å². The average molecular weight is 368 g/mol. The standard InChI is InChI=1S/C22H28N2O3/c1-26-20-11-13-21(14-12-20)27-17-5-6-22(25)23-18-7-9-19(10-8-18)24-15-3-2-4-16-24/h7-14H,2-6,15-17H2,1H3,(H,23,25). The molecule has 5 heteroatoms. The van der Waals surface area contributed by atoms with Crippen LogP contribution in [0.1, 0.15) is 32.1 Å². The number of amides is 1. The number of rotatable bonds is 8. The molecule has 1 aliphatic rings. The van der Waals surface area contributed by atoms with E-state index in [2.05, 4.69) is 22.3 Å². The molecule has 0 radical (unpaired) electrons. The van der Waals surface area contributed by atoms with E-state index < -0.39 is 0 Å². The summed E-state index contributed by atoms with van der Waals surface area (Å²) < 4.78 is 10.8. The van der Waals surface area contributed by atoms with Gasteiger partial charge >= 0.3 is 0 Å². The van der Waals surface area contributed by atoms with Gasteiger partial charge in [-0.15, -0.1) is 0 Å². The van der Waals surface area contributed by atoms with E-state index in [0.29, 0.717) is 19.4 Å². The Hall–Kier alpha value is -2.69. The topological polar surface area (TPSA) is 50.8 Å². The number of hydrogen-bond donors (Lipinski definition) is 1. The lowest BCUT2D eigenvalue weighted by atomic mass is 10.1. The summed E-state index contributed by atoms with van der Waals surface area (Å²) in [6, 6.07) is 15.6. The normalized spacial score (nSPS) is 13.9. The molecular formula is C22H28N2O3. The number of nitrogens with zero attached hydrogens (tertiary/aromatic N) is 1. The second-order valence-corrected chi connectivity index (χ2v) is 6.77. The van der Waals surface area contributed by atoms with Gasteiger partial charge in [-0.2, -0.15) is 0 Å². The van der Waals surface area contributed by atoms with Crippen LogP contribution in [-0.4, -0.2) is 32.7 Å². The molecule has 2 aromatic rings. The molecule has 0 saturated carbocycles. The van der Waals surface area contributed by atoms with Crippen LogP contribution in [0.5, 0.6) is 11.5 Å². The second-order valence-electron chi connectivity index (χ2n) is 6.77. The number of benzene rings is 2. The highest BCUT2D eigenvalue weighted by Crippen LogP contribution is 2.22. The fourth-order valence-corrected chi connectivity index (χ4v) is 3.23. The molecule has 0 spiro atoms. The lowest BCUT2D eigenvalue weighted by molar-refractivity contribution is -0.116. The maximum absolute atomic E-state index is 12.1. The zero-order valence-corrected chi connectivity index (χ0v) is 15.9. The highest BCUT2D eigenvalue weighted by molar-refractivity contribution is 5.90. The van der Waals surface area contributed by atoms with E-state index in [1.165, 1.54) is 24.9 Å². The van der Waals surface area contributed by atoms with Gasteiger partial charge in [-0.05, 0) is 74.2 Å². The van der Waals surface area contributed by atoms with Gasteiger partial charge in [0.05, 0.1) is 13.7 Å². The summed E-state index contributed by atoms with van der Waals surface area (Å²) in [5.74, 6) is 1.59. The Balaban J connectivity index is 1.37. The Morgan fingerprint density at radius 3 is 2.30 bits per heavy atom. The minimum atomic E-state index is 0.0130. The third kappa shape index (κ3) is 5.91. The molecule has 1 aliphatic heterocycles. The molecule has 144 valence electrons. The van der Waals surface area contributed by atoms with Gasteiger partial charge in [-0.25, -0.2) is 0 Å². The average Bonchev–Trinajstić information content (AvgIpc) is 2.73. The Morgan fingerprint density at radius 1 is 0.963 bits per heavy atom. The van der Waals surface area contributed by atoms with Crippen LogP contribution in [0.3, 0.4) is 0 Å². The number of carbonyl (C=O) groups excluding carboxylic acids is 1. The van der Waals surface area contributed by atoms with Gasteiger partial charge in [-0.1, -0.05) is 0 Å². The van der Waals surface area contributed by atoms with E-state index in [4.69, 9.17) is 9.47 Å². The molecule has 0 aromatic heterocycles. The maximum atomic E-state index is 12.1. The molecule has 3 rings (SSSR count). The summed E-state index contributed by atoms with van der Waals surface area (Å²) in [6.45, 7) is 2.76. The summed E-state index contributed by atoms with van der Waals surface area (Å²) in [4.78, 5) is 14.5. The number of piperidine rings is 1. The van der Waals surface area contributed by atoms with Gasteiger partial charge in [0.1, 0.15) is 11.5 Å². The summed E-state index contributed by atoms with van der Waals surface area (Å²) >= 11 is 0. The zero-order valence-electron chi connectivity index (χ0n) is 15.9. The summed E-state index contributed by atoms with van der Waals surface area (Å²) in [5.41, 5.74) is 2.08. The molecule has 1 fully saturated rings. The van der Waals surface area contributed by atoms with Crippen molar-refractivity contribution in [3.63, 3.8) is 0 Å². The van der Waals surface area contributed by atoms with Gasteiger partial charge in [0, 0.05) is 30.9 Å². The first-order valence-electron chi connectivity index (χ1n) is 9.66. The summed E-state index contributed by atoms with van der Waals surface area (Å²) in [7, 11) is 1.63. The van der Waals surface area contributed by atoms with E-state index in [-0.39, 0.29) is 5.91 Å². The number of methoxy groups -OCH3 is 1. The lowest BCUT2D eigenvalue weighted by Gasteiger charge is -2.28. The molecule has 27 heavy (non-hydrogen) atoms. The van der Waals surface area contributed by atoms with Crippen molar-refractivity contribution in [2.75, 3.05) is 37.0 Å². The van der Waals surface area contributed by atoms with Gasteiger partial charge < -0.3 is 19.7 Å². The van der Waals surface area contributed by atoms with Crippen LogP contribution in [0.4, 0.5) is 11.4 Å². The SMILES string of the molecule is COc1ccc(OCCCC(=O)Nc2ccc(N3CCCCC3)cc2)cc1. The molecule has 2 aromatic carbocycles. The third-order valence-corrected chi connectivity index (χ3v) is 4.75. The third-order valence-electron chi connectivity index (χ3n) is 4.75. The molecule has 0 aliphatic carbocycles. The number of nitrogens with one attached hydrogen (secondary N) is 1. The Morgan fingerprint density at radius 2 is 1.63 bits per heavy atom. The predicted molar refractivity (Wildman–Crippen MR) is 109 cm³/mol. The quantitative estimate of drug-likeness (QED) is 0.698. The first-order valence-corrected chi connectivity index (χ1v) is 9.66. The zero-order chi connectivity index (χ0) is 18.9. The maximum Gasteiger partial charge on any atom is 0.224 e. The molecule has 1 amide bonds. The van der Waals surface area contributed by atoms with Gasteiger partial charge in [0.2, 0.25) is 5.91 Å². The van der Waals surface area contributed by atoms with Crippen molar-refractivity contribution in [2.45, 2.75) is 32.1 Å². The van der Waals surface area contributed by atoms with Gasteiger partial charge in [0.15, 0.2) is 0 Å². The fraction of sp³-hybridized carbons (Fsp3) is 0.409. The van der Waals surface area contributed by atoms with E-state index in [0.717, 1.165) is 30.3 Å². The first-order chi connectivity index (χ1) is 13.2. The van der Waals surface area contributed by atoms with Crippen LogP contribution < -0.4 is 19.7 Å². The number of ether oxygens (including phenoxy) is 2. The van der Waals surface area contributed by atoms with E-state index in [1.54, 1.807) is 7.11 Å². The van der Waals surface area contributed by atoms with Crippen molar-refractivity contribution in [2.24, 2.45) is 0 Å². The smallest absolute Gasteiger partial charge is 0.224 e. The number of anilines is 2. The van der Waals surface area contributed by atoms with Crippen LogP contribution in [0.2, 0.25) is 0 Å².